The number of anilines is 1. The van der Waals surface area contributed by atoms with Crippen molar-refractivity contribution in [3.63, 3.8) is 0 Å². The van der Waals surface area contributed by atoms with Gasteiger partial charge in [0, 0.05) is 25.0 Å². The van der Waals surface area contributed by atoms with Crippen LogP contribution >= 0.6 is 0 Å². The number of nitrogens with zero attached hydrogens (tertiary/aromatic N) is 2. The van der Waals surface area contributed by atoms with Crippen LogP contribution in [0.4, 0.5) is 5.69 Å². The van der Waals surface area contributed by atoms with Crippen LogP contribution < -0.4 is 4.90 Å². The second-order valence-electron chi connectivity index (χ2n) is 3.60. The molecule has 0 N–H and O–H groups in total. The van der Waals surface area contributed by atoms with Gasteiger partial charge in [-0.15, -0.1) is 0 Å². The first-order valence-electron chi connectivity index (χ1n) is 5.06. The van der Waals surface area contributed by atoms with E-state index in [2.05, 4.69) is 9.88 Å². The summed E-state index contributed by atoms with van der Waals surface area (Å²) >= 11 is 0. The molecule has 2 rings (SSSR count). The van der Waals surface area contributed by atoms with Gasteiger partial charge in [0.1, 0.15) is 5.69 Å². The molecule has 1 aliphatic rings. The number of carbonyl (C=O) groups excluding carboxylic acids is 1. The fraction of sp³-hybridized carbons (Fsp3) is 0.455. The van der Waals surface area contributed by atoms with Crippen LogP contribution in [-0.2, 0) is 0 Å². The Morgan fingerprint density at radius 3 is 2.79 bits per heavy atom. The minimum Gasteiger partial charge on any atom is -0.371 e. The number of carbonyl (C=O) groups is 1. The molecule has 0 atom stereocenters. The van der Waals surface area contributed by atoms with E-state index in [0.717, 1.165) is 25.1 Å². The third kappa shape index (κ3) is 1.92. The molecule has 0 unspecified atom stereocenters. The van der Waals surface area contributed by atoms with Crippen LogP contribution in [0.5, 0.6) is 0 Å². The molecule has 0 aromatic carbocycles. The van der Waals surface area contributed by atoms with Gasteiger partial charge < -0.3 is 4.90 Å². The van der Waals surface area contributed by atoms with Gasteiger partial charge in [0.05, 0.1) is 0 Å². The molecule has 0 amide bonds. The van der Waals surface area contributed by atoms with Crippen molar-refractivity contribution in [3.05, 3.63) is 24.0 Å². The standard InChI is InChI=1S/C11H14N2O/c14-9-10-8-11(4-5-12-10)13-6-2-1-3-7-13/h4-5,8-9H,1-3,6-7H2. The van der Waals surface area contributed by atoms with Gasteiger partial charge in [0.15, 0.2) is 6.29 Å². The summed E-state index contributed by atoms with van der Waals surface area (Å²) in [5, 5.41) is 0. The van der Waals surface area contributed by atoms with Gasteiger partial charge in [-0.1, -0.05) is 0 Å². The van der Waals surface area contributed by atoms with E-state index in [1.165, 1.54) is 19.3 Å². The van der Waals surface area contributed by atoms with Crippen molar-refractivity contribution >= 4 is 12.0 Å². The zero-order valence-corrected chi connectivity index (χ0v) is 8.15. The van der Waals surface area contributed by atoms with Crippen LogP contribution in [0.3, 0.4) is 0 Å². The lowest BCUT2D eigenvalue weighted by Crippen LogP contribution is -2.29. The van der Waals surface area contributed by atoms with Crippen molar-refractivity contribution in [2.45, 2.75) is 19.3 Å². The number of hydrogen-bond acceptors (Lipinski definition) is 3. The molecule has 1 aromatic rings. The van der Waals surface area contributed by atoms with E-state index >= 15 is 0 Å². The van der Waals surface area contributed by atoms with E-state index in [9.17, 15) is 4.79 Å². The highest BCUT2D eigenvalue weighted by Gasteiger charge is 2.10. The molecular formula is C11H14N2O. The average Bonchev–Trinajstić information content (AvgIpc) is 2.30. The fourth-order valence-corrected chi connectivity index (χ4v) is 1.85. The summed E-state index contributed by atoms with van der Waals surface area (Å²) in [6.45, 7) is 2.20. The molecule has 0 aliphatic carbocycles. The lowest BCUT2D eigenvalue weighted by Gasteiger charge is -2.28. The van der Waals surface area contributed by atoms with Gasteiger partial charge in [-0.2, -0.15) is 0 Å². The smallest absolute Gasteiger partial charge is 0.168 e. The minimum atomic E-state index is 0.521. The van der Waals surface area contributed by atoms with Crippen LogP contribution in [0.1, 0.15) is 29.8 Å². The summed E-state index contributed by atoms with van der Waals surface area (Å²) in [6.07, 6.45) is 6.32. The third-order valence-electron chi connectivity index (χ3n) is 2.61. The van der Waals surface area contributed by atoms with E-state index in [1.807, 2.05) is 12.1 Å². The van der Waals surface area contributed by atoms with Crippen molar-refractivity contribution < 1.29 is 4.79 Å². The Balaban J connectivity index is 2.17. The van der Waals surface area contributed by atoms with E-state index in [4.69, 9.17) is 0 Å². The molecule has 0 radical (unpaired) electrons. The number of aldehydes is 1. The molecule has 0 spiro atoms. The van der Waals surface area contributed by atoms with Crippen LogP contribution in [0, 0.1) is 0 Å². The maximum absolute atomic E-state index is 10.6. The Morgan fingerprint density at radius 1 is 1.29 bits per heavy atom. The SMILES string of the molecule is O=Cc1cc(N2CCCCC2)ccn1. The summed E-state index contributed by atoms with van der Waals surface area (Å²) < 4.78 is 0. The van der Waals surface area contributed by atoms with E-state index in [0.29, 0.717) is 5.69 Å². The number of pyridine rings is 1. The molecular weight excluding hydrogens is 176 g/mol. The van der Waals surface area contributed by atoms with Gasteiger partial charge in [0.2, 0.25) is 0 Å². The molecule has 2 heterocycles. The van der Waals surface area contributed by atoms with Crippen LogP contribution in [0.15, 0.2) is 18.3 Å². The molecule has 74 valence electrons. The highest BCUT2D eigenvalue weighted by atomic mass is 16.1. The van der Waals surface area contributed by atoms with Crippen molar-refractivity contribution in [1.82, 2.24) is 4.98 Å². The molecule has 0 saturated carbocycles. The van der Waals surface area contributed by atoms with Gasteiger partial charge in [-0.05, 0) is 31.4 Å². The molecule has 1 fully saturated rings. The Kier molecular flexibility index (Phi) is 2.77. The quantitative estimate of drug-likeness (QED) is 0.668. The number of rotatable bonds is 2. The summed E-state index contributed by atoms with van der Waals surface area (Å²) in [7, 11) is 0. The predicted molar refractivity (Wildman–Crippen MR) is 55.7 cm³/mol. The van der Waals surface area contributed by atoms with Gasteiger partial charge >= 0.3 is 0 Å². The molecule has 1 saturated heterocycles. The summed E-state index contributed by atoms with van der Waals surface area (Å²) in [6, 6.07) is 3.83. The molecule has 1 aliphatic heterocycles. The van der Waals surface area contributed by atoms with Crippen molar-refractivity contribution in [2.24, 2.45) is 0 Å². The lowest BCUT2D eigenvalue weighted by atomic mass is 10.1. The largest absolute Gasteiger partial charge is 0.371 e. The van der Waals surface area contributed by atoms with Gasteiger partial charge in [-0.25, -0.2) is 0 Å². The van der Waals surface area contributed by atoms with E-state index < -0.39 is 0 Å². The monoisotopic (exact) mass is 190 g/mol. The first kappa shape index (κ1) is 9.19. The van der Waals surface area contributed by atoms with Gasteiger partial charge in [-0.3, -0.25) is 9.78 Å². The highest BCUT2D eigenvalue weighted by Crippen LogP contribution is 2.19. The van der Waals surface area contributed by atoms with Crippen molar-refractivity contribution in [2.75, 3.05) is 18.0 Å². The first-order valence-corrected chi connectivity index (χ1v) is 5.06. The molecule has 0 bridgehead atoms. The first-order chi connectivity index (χ1) is 6.90. The van der Waals surface area contributed by atoms with E-state index in [-0.39, 0.29) is 0 Å². The Bertz CT molecular complexity index is 319. The van der Waals surface area contributed by atoms with E-state index in [1.54, 1.807) is 6.20 Å². The normalized spacial score (nSPS) is 16.7. The number of hydrogen-bond donors (Lipinski definition) is 0. The summed E-state index contributed by atoms with van der Waals surface area (Å²) in [5.41, 5.74) is 1.65. The zero-order chi connectivity index (χ0) is 9.80. The Labute approximate surface area is 83.8 Å². The molecule has 14 heavy (non-hydrogen) atoms. The third-order valence-corrected chi connectivity index (χ3v) is 2.61. The van der Waals surface area contributed by atoms with Crippen molar-refractivity contribution in [1.29, 1.82) is 0 Å². The number of piperidine rings is 1. The maximum Gasteiger partial charge on any atom is 0.168 e. The lowest BCUT2D eigenvalue weighted by molar-refractivity contribution is 0.111. The minimum absolute atomic E-state index is 0.521. The zero-order valence-electron chi connectivity index (χ0n) is 8.15. The maximum atomic E-state index is 10.6. The second-order valence-corrected chi connectivity index (χ2v) is 3.60. The summed E-state index contributed by atoms with van der Waals surface area (Å²) in [5.74, 6) is 0. The molecule has 3 heteroatoms. The molecule has 1 aromatic heterocycles. The Morgan fingerprint density at radius 2 is 2.07 bits per heavy atom. The molecule has 3 nitrogen and oxygen atoms in total. The predicted octanol–water partition coefficient (Wildman–Crippen LogP) is 1.88. The van der Waals surface area contributed by atoms with Crippen LogP contribution in [-0.4, -0.2) is 24.4 Å². The highest BCUT2D eigenvalue weighted by molar-refractivity contribution is 5.74. The van der Waals surface area contributed by atoms with Crippen LogP contribution in [0.25, 0.3) is 0 Å². The topological polar surface area (TPSA) is 33.2 Å². The van der Waals surface area contributed by atoms with Gasteiger partial charge in [0.25, 0.3) is 0 Å². The second kappa shape index (κ2) is 4.22. The average molecular weight is 190 g/mol. The number of aromatic nitrogens is 1. The van der Waals surface area contributed by atoms with Crippen molar-refractivity contribution in [3.8, 4) is 0 Å². The van der Waals surface area contributed by atoms with Crippen LogP contribution in [0.2, 0.25) is 0 Å². The summed E-state index contributed by atoms with van der Waals surface area (Å²) in [4.78, 5) is 16.8. The Hall–Kier alpha value is -1.38. The fourth-order valence-electron chi connectivity index (χ4n) is 1.85.